The number of amides is 1. The van der Waals surface area contributed by atoms with Crippen molar-refractivity contribution in [3.63, 3.8) is 0 Å². The minimum atomic E-state index is -0.563. The Balaban J connectivity index is 1.07. The molecule has 5 aliphatic rings. The number of aromatic nitrogens is 4. The molecule has 5 aliphatic heterocycles. The van der Waals surface area contributed by atoms with Gasteiger partial charge in [0.15, 0.2) is 11.5 Å². The molecule has 5 aromatic rings. The molecule has 4 saturated heterocycles. The molecule has 15 nitrogen and oxygen atoms in total. The van der Waals surface area contributed by atoms with Crippen LogP contribution < -0.4 is 36.0 Å². The molecule has 2 bridgehead atoms. The molecule has 2 aromatic heterocycles. The van der Waals surface area contributed by atoms with E-state index in [1.807, 2.05) is 43.0 Å². The van der Waals surface area contributed by atoms with Crippen molar-refractivity contribution in [3.8, 4) is 28.6 Å². The van der Waals surface area contributed by atoms with E-state index in [2.05, 4.69) is 34.3 Å². The van der Waals surface area contributed by atoms with Gasteiger partial charge in [0, 0.05) is 66.8 Å². The zero-order valence-corrected chi connectivity index (χ0v) is 37.6. The number of nitrogens with two attached hydrogens (primary N) is 2. The highest BCUT2D eigenvalue weighted by Gasteiger charge is 2.52. The summed E-state index contributed by atoms with van der Waals surface area (Å²) >= 11 is 7.64. The predicted octanol–water partition coefficient (Wildman–Crippen LogP) is 6.58. The number of hydrogen-bond donors (Lipinski definition) is 4. The first kappa shape index (κ1) is 42.5. The van der Waals surface area contributed by atoms with Gasteiger partial charge in [-0.25, -0.2) is 10.2 Å². The number of nitrogens with zero attached hydrogens (tertiary/aromatic N) is 6. The molecule has 3 aromatic carbocycles. The molecule has 1 amide bonds. The van der Waals surface area contributed by atoms with E-state index in [1.54, 1.807) is 19.3 Å². The van der Waals surface area contributed by atoms with E-state index < -0.39 is 11.9 Å². The lowest BCUT2D eigenvalue weighted by molar-refractivity contribution is -0.138. The van der Waals surface area contributed by atoms with Gasteiger partial charge in [-0.2, -0.15) is 15.1 Å². The van der Waals surface area contributed by atoms with Gasteiger partial charge < -0.3 is 44.8 Å². The van der Waals surface area contributed by atoms with Crippen LogP contribution in [0.2, 0.25) is 5.02 Å². The van der Waals surface area contributed by atoms with Gasteiger partial charge in [-0.05, 0) is 68.7 Å². The number of fused-ring (bicyclic) bond motifs is 7. The quantitative estimate of drug-likeness (QED) is 0.0826. The van der Waals surface area contributed by atoms with Crippen LogP contribution in [0.1, 0.15) is 76.5 Å². The Hall–Kier alpha value is -5.42. The summed E-state index contributed by atoms with van der Waals surface area (Å²) in [6.45, 7) is 12.6. The standard InChI is InChI=1S/C47H56ClFN10O5/c1-23(2)41(46(60)57-14-6-7-24(57)3)58(51)21-33(50)28-10-8-27(9-11-28)22-62-44-37(36-25(4)32(49)18-34-31(36)20-53-56-34)39(48)43-38-40(44)54-47(64-30-12-15-61-16-13-30)55-45(38)59-29-17-35(52-19-29)42(59)26(5)63-43/h8-11,18,20-21,23-24,26,29-30,35,41-42,52H,6-7,12-17,19,22,50-51H2,1-5H3,(H,53,56)/b33-21-/t24?,26-,29?,35-,41?,42?/m0/s1. The Morgan fingerprint density at radius 3 is 2.66 bits per heavy atom. The molecule has 0 spiro atoms. The predicted molar refractivity (Wildman–Crippen MR) is 243 cm³/mol. The molecule has 4 fully saturated rings. The molecular formula is C47H56ClFN10O5. The van der Waals surface area contributed by atoms with Crippen LogP contribution in [0.25, 0.3) is 38.6 Å². The van der Waals surface area contributed by atoms with Crippen molar-refractivity contribution in [2.75, 3.05) is 31.2 Å². The molecule has 17 heteroatoms. The smallest absolute Gasteiger partial charge is 0.319 e. The Morgan fingerprint density at radius 2 is 1.92 bits per heavy atom. The molecule has 6 N–H and O–H groups in total. The van der Waals surface area contributed by atoms with Gasteiger partial charge >= 0.3 is 6.01 Å². The van der Waals surface area contributed by atoms with E-state index >= 15 is 4.39 Å². The first-order valence-electron chi connectivity index (χ1n) is 22.5. The summed E-state index contributed by atoms with van der Waals surface area (Å²) in [5, 5.41) is 13.9. The fraction of sp³-hybridized carbons (Fsp3) is 0.489. The Kier molecular flexibility index (Phi) is 11.2. The number of anilines is 1. The van der Waals surface area contributed by atoms with Gasteiger partial charge in [0.2, 0.25) is 5.91 Å². The maximum absolute atomic E-state index is 16.0. The fourth-order valence-electron chi connectivity index (χ4n) is 10.6. The number of nitrogens with one attached hydrogen (secondary N) is 2. The molecule has 338 valence electrons. The summed E-state index contributed by atoms with van der Waals surface area (Å²) in [7, 11) is 0. The second-order valence-electron chi connectivity index (χ2n) is 18.4. The molecule has 6 atom stereocenters. The monoisotopic (exact) mass is 894 g/mol. The van der Waals surface area contributed by atoms with Gasteiger partial charge in [-0.3, -0.25) is 9.89 Å². The highest BCUT2D eigenvalue weighted by Crippen LogP contribution is 2.56. The van der Waals surface area contributed by atoms with Gasteiger partial charge in [0.05, 0.1) is 47.1 Å². The molecule has 0 saturated carbocycles. The maximum Gasteiger partial charge on any atom is 0.319 e. The Labute approximate surface area is 376 Å². The maximum atomic E-state index is 16.0. The summed E-state index contributed by atoms with van der Waals surface area (Å²) in [6.07, 6.45) is 7.17. The zero-order valence-electron chi connectivity index (χ0n) is 36.9. The largest absolute Gasteiger partial charge is 0.486 e. The number of carbonyl (C=O) groups is 1. The number of likely N-dealkylation sites (tertiary alicyclic amines) is 1. The fourth-order valence-corrected chi connectivity index (χ4v) is 10.9. The number of piperazine rings is 1. The highest BCUT2D eigenvalue weighted by molar-refractivity contribution is 6.38. The molecular weight excluding hydrogens is 839 g/mol. The lowest BCUT2D eigenvalue weighted by Gasteiger charge is -2.38. The highest BCUT2D eigenvalue weighted by atomic mass is 35.5. The van der Waals surface area contributed by atoms with Gasteiger partial charge in [0.25, 0.3) is 0 Å². The normalized spacial score (nSPS) is 23.8. The average Bonchev–Trinajstić information content (AvgIpc) is 4.10. The van der Waals surface area contributed by atoms with Crippen molar-refractivity contribution in [2.24, 2.45) is 17.5 Å². The van der Waals surface area contributed by atoms with Crippen molar-refractivity contribution in [1.82, 2.24) is 35.4 Å². The third kappa shape index (κ3) is 7.31. The Bertz CT molecular complexity index is 2640. The Morgan fingerprint density at radius 1 is 1.14 bits per heavy atom. The van der Waals surface area contributed by atoms with Crippen molar-refractivity contribution in [1.29, 1.82) is 0 Å². The van der Waals surface area contributed by atoms with Gasteiger partial charge in [0.1, 0.15) is 42.0 Å². The lowest BCUT2D eigenvalue weighted by atomic mass is 9.93. The van der Waals surface area contributed by atoms with Crippen LogP contribution in [0.3, 0.4) is 0 Å². The number of H-pyrrole nitrogens is 1. The molecule has 10 rings (SSSR count). The second-order valence-corrected chi connectivity index (χ2v) is 18.8. The molecule has 0 radical (unpaired) electrons. The van der Waals surface area contributed by atoms with E-state index in [0.29, 0.717) is 87.6 Å². The second kappa shape index (κ2) is 16.9. The van der Waals surface area contributed by atoms with Crippen LogP contribution in [0.4, 0.5) is 10.2 Å². The van der Waals surface area contributed by atoms with Crippen molar-refractivity contribution in [2.45, 2.75) is 116 Å². The van der Waals surface area contributed by atoms with Crippen LogP contribution in [-0.4, -0.2) is 105 Å². The number of halogens is 2. The molecule has 0 aliphatic carbocycles. The number of benzene rings is 3. The van der Waals surface area contributed by atoms with Gasteiger partial charge in [-0.15, -0.1) is 0 Å². The van der Waals surface area contributed by atoms with Crippen molar-refractivity contribution < 1.29 is 28.1 Å². The number of carbonyl (C=O) groups excluding carboxylic acids is 1. The summed E-state index contributed by atoms with van der Waals surface area (Å²) in [6, 6.07) is 9.19. The number of hydrogen-bond acceptors (Lipinski definition) is 13. The van der Waals surface area contributed by atoms with E-state index in [-0.39, 0.29) is 65.8 Å². The first-order chi connectivity index (χ1) is 30.9. The van der Waals surface area contributed by atoms with E-state index in [1.165, 1.54) is 11.1 Å². The van der Waals surface area contributed by atoms with E-state index in [9.17, 15) is 4.79 Å². The minimum Gasteiger partial charge on any atom is -0.486 e. The third-order valence-electron chi connectivity index (χ3n) is 13.9. The van der Waals surface area contributed by atoms with Crippen molar-refractivity contribution in [3.05, 3.63) is 70.3 Å². The minimum absolute atomic E-state index is 0.00727. The first-order valence-corrected chi connectivity index (χ1v) is 22.9. The SMILES string of the molecule is Cc1c(F)cc2[nH]ncc2c1-c1c(Cl)c2c3c(nc(OC4CCOCC4)nc3c1OCc1ccc(/C(N)=C/N(N)C(C(=O)N3CCCC3C)C(C)C)cc1)N1C3CN[C@@H](C3)C1[C@H](C)O2. The van der Waals surface area contributed by atoms with Crippen LogP contribution in [0, 0.1) is 18.7 Å². The lowest BCUT2D eigenvalue weighted by Crippen LogP contribution is -2.57. The number of hydrazine groups is 1. The van der Waals surface area contributed by atoms with Crippen LogP contribution in [0.5, 0.6) is 17.5 Å². The summed E-state index contributed by atoms with van der Waals surface area (Å²) in [5.74, 6) is 7.51. The summed E-state index contributed by atoms with van der Waals surface area (Å²) in [4.78, 5) is 28.2. The number of ether oxygens (including phenoxy) is 4. The number of rotatable bonds is 11. The summed E-state index contributed by atoms with van der Waals surface area (Å²) in [5.41, 5.74) is 10.8. The topological polar surface area (TPSA) is 182 Å². The third-order valence-corrected chi connectivity index (χ3v) is 14.2. The molecule has 7 heterocycles. The van der Waals surface area contributed by atoms with E-state index in [4.69, 9.17) is 52.1 Å². The zero-order chi connectivity index (χ0) is 44.6. The van der Waals surface area contributed by atoms with Crippen LogP contribution in [-0.2, 0) is 16.1 Å². The summed E-state index contributed by atoms with van der Waals surface area (Å²) < 4.78 is 42.1. The molecule has 4 unspecified atom stereocenters. The van der Waals surface area contributed by atoms with Crippen LogP contribution in [0.15, 0.2) is 42.7 Å². The van der Waals surface area contributed by atoms with Crippen LogP contribution >= 0.6 is 11.6 Å². The van der Waals surface area contributed by atoms with Crippen molar-refractivity contribution >= 4 is 50.8 Å². The molecule has 64 heavy (non-hydrogen) atoms. The van der Waals surface area contributed by atoms with E-state index in [0.717, 1.165) is 43.5 Å². The average molecular weight is 895 g/mol. The number of aromatic amines is 1. The van der Waals surface area contributed by atoms with Gasteiger partial charge in [-0.1, -0.05) is 49.7 Å².